The number of carbonyl (C=O) groups excluding carboxylic acids is 2. The van der Waals surface area contributed by atoms with Gasteiger partial charge in [0.05, 0.1) is 13.2 Å². The van der Waals surface area contributed by atoms with Gasteiger partial charge in [-0.15, -0.1) is 0 Å². The van der Waals surface area contributed by atoms with Gasteiger partial charge in [0.15, 0.2) is 0 Å². The molecular weight excluding hydrogens is 356 g/mol. The summed E-state index contributed by atoms with van der Waals surface area (Å²) in [5.41, 5.74) is 1.90. The lowest BCUT2D eigenvalue weighted by Gasteiger charge is -2.34. The fourth-order valence-corrected chi connectivity index (χ4v) is 4.24. The molecule has 1 aliphatic carbocycles. The maximum Gasteiger partial charge on any atom is 0.224 e. The standard InChI is InChI=1S/C22H32N2O4/c25-15-14-24(17-7-2-1-3-8-17)22(27)11-4-5-16-28-20-10-6-9-19-18(20)12-13-21(26)23-19/h6,9-10,17,25H,1-5,7-8,11-16H2,(H,23,26). The largest absolute Gasteiger partial charge is 0.493 e. The zero-order chi connectivity index (χ0) is 19.8. The first-order chi connectivity index (χ1) is 13.7. The Morgan fingerprint density at radius 3 is 2.79 bits per heavy atom. The average Bonchev–Trinajstić information content (AvgIpc) is 2.72. The number of rotatable bonds is 9. The molecule has 0 aromatic heterocycles. The summed E-state index contributed by atoms with van der Waals surface area (Å²) >= 11 is 0. The lowest BCUT2D eigenvalue weighted by Crippen LogP contribution is -2.43. The van der Waals surface area contributed by atoms with E-state index in [0.29, 0.717) is 38.5 Å². The van der Waals surface area contributed by atoms with Gasteiger partial charge in [-0.25, -0.2) is 0 Å². The van der Waals surface area contributed by atoms with Crippen LogP contribution in [0.3, 0.4) is 0 Å². The minimum atomic E-state index is 0.0288. The number of aliphatic hydroxyl groups is 1. The van der Waals surface area contributed by atoms with Crippen molar-refractivity contribution < 1.29 is 19.4 Å². The number of benzene rings is 1. The van der Waals surface area contributed by atoms with Gasteiger partial charge < -0.3 is 20.1 Å². The SMILES string of the molecule is O=C1CCc2c(cccc2OCCCCC(=O)N(CCO)C2CCCCC2)N1. The summed E-state index contributed by atoms with van der Waals surface area (Å²) in [4.78, 5) is 26.0. The van der Waals surface area contributed by atoms with Crippen molar-refractivity contribution in [1.29, 1.82) is 0 Å². The minimum Gasteiger partial charge on any atom is -0.493 e. The molecule has 2 aliphatic rings. The second-order valence-corrected chi connectivity index (χ2v) is 7.74. The van der Waals surface area contributed by atoms with Gasteiger partial charge in [0.2, 0.25) is 11.8 Å². The van der Waals surface area contributed by atoms with Crippen molar-refractivity contribution in [3.8, 4) is 5.75 Å². The van der Waals surface area contributed by atoms with E-state index in [9.17, 15) is 14.7 Å². The van der Waals surface area contributed by atoms with Gasteiger partial charge in [-0.1, -0.05) is 25.3 Å². The molecule has 2 amide bonds. The van der Waals surface area contributed by atoms with Gasteiger partial charge in [-0.3, -0.25) is 9.59 Å². The molecule has 1 aromatic rings. The minimum absolute atomic E-state index is 0.0288. The number of anilines is 1. The highest BCUT2D eigenvalue weighted by molar-refractivity contribution is 5.94. The van der Waals surface area contributed by atoms with Crippen molar-refractivity contribution in [1.82, 2.24) is 4.90 Å². The molecule has 0 saturated heterocycles. The zero-order valence-electron chi connectivity index (χ0n) is 16.6. The lowest BCUT2D eigenvalue weighted by molar-refractivity contribution is -0.135. The van der Waals surface area contributed by atoms with Crippen LogP contribution in [-0.2, 0) is 16.0 Å². The number of unbranched alkanes of at least 4 members (excludes halogenated alkanes) is 1. The Labute approximate surface area is 167 Å². The van der Waals surface area contributed by atoms with E-state index in [1.165, 1.54) is 19.3 Å². The van der Waals surface area contributed by atoms with Crippen LogP contribution < -0.4 is 10.1 Å². The third kappa shape index (κ3) is 5.47. The second kappa shape index (κ2) is 10.5. The van der Waals surface area contributed by atoms with Crippen molar-refractivity contribution >= 4 is 17.5 Å². The van der Waals surface area contributed by atoms with E-state index in [0.717, 1.165) is 42.7 Å². The van der Waals surface area contributed by atoms with Gasteiger partial charge in [-0.2, -0.15) is 0 Å². The van der Waals surface area contributed by atoms with E-state index in [1.807, 2.05) is 23.1 Å². The van der Waals surface area contributed by atoms with E-state index < -0.39 is 0 Å². The van der Waals surface area contributed by atoms with Crippen LogP contribution in [0, 0.1) is 0 Å². The Morgan fingerprint density at radius 1 is 1.18 bits per heavy atom. The molecule has 3 rings (SSSR count). The lowest BCUT2D eigenvalue weighted by atomic mass is 9.94. The van der Waals surface area contributed by atoms with Crippen LogP contribution in [0.25, 0.3) is 0 Å². The summed E-state index contributed by atoms with van der Waals surface area (Å²) in [7, 11) is 0. The molecule has 6 nitrogen and oxygen atoms in total. The number of amides is 2. The quantitative estimate of drug-likeness (QED) is 0.637. The predicted octanol–water partition coefficient (Wildman–Crippen LogP) is 3.27. The Balaban J connectivity index is 1.42. The van der Waals surface area contributed by atoms with Gasteiger partial charge in [-0.05, 0) is 44.2 Å². The number of fused-ring (bicyclic) bond motifs is 1. The normalized spacial score (nSPS) is 17.0. The van der Waals surface area contributed by atoms with Gasteiger partial charge in [0.1, 0.15) is 5.75 Å². The van der Waals surface area contributed by atoms with Crippen molar-refractivity contribution in [3.05, 3.63) is 23.8 Å². The Hall–Kier alpha value is -2.08. The molecular formula is C22H32N2O4. The summed E-state index contributed by atoms with van der Waals surface area (Å²) < 4.78 is 5.93. The summed E-state index contributed by atoms with van der Waals surface area (Å²) in [6.07, 6.45) is 9.00. The van der Waals surface area contributed by atoms with Gasteiger partial charge in [0.25, 0.3) is 0 Å². The summed E-state index contributed by atoms with van der Waals surface area (Å²) in [5, 5.41) is 12.2. The fourth-order valence-electron chi connectivity index (χ4n) is 4.24. The molecule has 0 atom stereocenters. The Kier molecular flexibility index (Phi) is 7.71. The predicted molar refractivity (Wildman–Crippen MR) is 108 cm³/mol. The molecule has 1 fully saturated rings. The molecule has 2 N–H and O–H groups in total. The summed E-state index contributed by atoms with van der Waals surface area (Å²) in [6, 6.07) is 6.03. The first-order valence-corrected chi connectivity index (χ1v) is 10.6. The Morgan fingerprint density at radius 2 is 2.00 bits per heavy atom. The zero-order valence-corrected chi connectivity index (χ0v) is 16.6. The van der Waals surface area contributed by atoms with Crippen molar-refractivity contribution in [2.75, 3.05) is 25.1 Å². The van der Waals surface area contributed by atoms with Crippen LogP contribution in [0.5, 0.6) is 5.75 Å². The van der Waals surface area contributed by atoms with Gasteiger partial charge in [0, 0.05) is 36.7 Å². The summed E-state index contributed by atoms with van der Waals surface area (Å²) in [5.74, 6) is 1.03. The molecule has 6 heteroatoms. The van der Waals surface area contributed by atoms with Crippen molar-refractivity contribution in [3.63, 3.8) is 0 Å². The molecule has 1 heterocycles. The summed E-state index contributed by atoms with van der Waals surface area (Å²) in [6.45, 7) is 1.03. The number of carbonyl (C=O) groups is 2. The Bertz CT molecular complexity index is 671. The highest BCUT2D eigenvalue weighted by Gasteiger charge is 2.24. The molecule has 0 unspecified atom stereocenters. The molecule has 0 radical (unpaired) electrons. The van der Waals surface area contributed by atoms with Gasteiger partial charge >= 0.3 is 0 Å². The van der Waals surface area contributed by atoms with E-state index in [-0.39, 0.29) is 18.4 Å². The molecule has 0 bridgehead atoms. The van der Waals surface area contributed by atoms with Crippen LogP contribution in [0.15, 0.2) is 18.2 Å². The third-order valence-electron chi connectivity index (χ3n) is 5.73. The fraction of sp³-hybridized carbons (Fsp3) is 0.636. The van der Waals surface area contributed by atoms with Crippen molar-refractivity contribution in [2.24, 2.45) is 0 Å². The monoisotopic (exact) mass is 388 g/mol. The number of hydrogen-bond acceptors (Lipinski definition) is 4. The maximum atomic E-state index is 12.6. The third-order valence-corrected chi connectivity index (χ3v) is 5.73. The average molecular weight is 389 g/mol. The van der Waals surface area contributed by atoms with E-state index in [2.05, 4.69) is 5.32 Å². The molecule has 1 aromatic carbocycles. The first-order valence-electron chi connectivity index (χ1n) is 10.6. The van der Waals surface area contributed by atoms with Crippen LogP contribution in [0.1, 0.15) is 63.4 Å². The van der Waals surface area contributed by atoms with E-state index >= 15 is 0 Å². The molecule has 1 saturated carbocycles. The molecule has 154 valence electrons. The second-order valence-electron chi connectivity index (χ2n) is 7.74. The highest BCUT2D eigenvalue weighted by Crippen LogP contribution is 2.31. The van der Waals surface area contributed by atoms with Crippen LogP contribution in [-0.4, -0.2) is 47.6 Å². The topological polar surface area (TPSA) is 78.9 Å². The number of aliphatic hydroxyl groups excluding tert-OH is 1. The highest BCUT2D eigenvalue weighted by atomic mass is 16.5. The van der Waals surface area contributed by atoms with Crippen LogP contribution in [0.4, 0.5) is 5.69 Å². The molecule has 28 heavy (non-hydrogen) atoms. The number of nitrogens with zero attached hydrogens (tertiary/aromatic N) is 1. The smallest absolute Gasteiger partial charge is 0.224 e. The van der Waals surface area contributed by atoms with Crippen LogP contribution >= 0.6 is 0 Å². The van der Waals surface area contributed by atoms with E-state index in [4.69, 9.17) is 4.74 Å². The molecule has 1 aliphatic heterocycles. The van der Waals surface area contributed by atoms with Crippen molar-refractivity contribution in [2.45, 2.75) is 70.3 Å². The number of hydrogen-bond donors (Lipinski definition) is 2. The van der Waals surface area contributed by atoms with Crippen LogP contribution in [0.2, 0.25) is 0 Å². The first kappa shape index (κ1) is 20.6. The number of nitrogens with one attached hydrogen (secondary N) is 1. The maximum absolute atomic E-state index is 12.6. The van der Waals surface area contributed by atoms with E-state index in [1.54, 1.807) is 0 Å². The molecule has 0 spiro atoms. The number of ether oxygens (including phenoxy) is 1.